The number of unbranched alkanes of at least 4 members (excludes halogenated alkanes) is 4. The lowest BCUT2D eigenvalue weighted by atomic mass is 9.85. The fourth-order valence-electron chi connectivity index (χ4n) is 4.23. The molecule has 0 fully saturated rings. The number of para-hydroxylation sites is 1. The van der Waals surface area contributed by atoms with Crippen LogP contribution in [-0.2, 0) is 19.1 Å². The Balaban J connectivity index is 2.67. The summed E-state index contributed by atoms with van der Waals surface area (Å²) in [5, 5.41) is 14.8. The van der Waals surface area contributed by atoms with Crippen LogP contribution in [0.3, 0.4) is 0 Å². The molecule has 0 aromatic heterocycles. The number of nitrogens with zero attached hydrogens (tertiary/aromatic N) is 3. The number of hydrogen-bond donors (Lipinski definition) is 1. The summed E-state index contributed by atoms with van der Waals surface area (Å²) < 4.78 is 5.58. The molecule has 1 aromatic rings. The Morgan fingerprint density at radius 3 is 2.23 bits per heavy atom. The summed E-state index contributed by atoms with van der Waals surface area (Å²) in [4.78, 5) is 54.3. The number of nitro groups is 1. The van der Waals surface area contributed by atoms with Crippen molar-refractivity contribution in [1.29, 1.82) is 0 Å². The third kappa shape index (κ3) is 8.13. The average Bonchev–Trinajstić information content (AvgIpc) is 2.93. The van der Waals surface area contributed by atoms with Crippen LogP contribution in [0, 0.1) is 10.1 Å². The number of carbonyl (C=O) groups excluding carboxylic acids is 3. The summed E-state index contributed by atoms with van der Waals surface area (Å²) in [6.45, 7) is 5.73. The molecule has 0 saturated carbocycles. The lowest BCUT2D eigenvalue weighted by molar-refractivity contribution is -0.385. The maximum Gasteiger partial charge on any atom is 0.337 e. The second-order valence-electron chi connectivity index (χ2n) is 9.13. The van der Waals surface area contributed by atoms with Crippen molar-refractivity contribution in [3.63, 3.8) is 0 Å². The van der Waals surface area contributed by atoms with Crippen molar-refractivity contribution in [2.75, 3.05) is 20.7 Å². The Labute approximate surface area is 229 Å². The molecule has 1 unspecified atom stereocenters. The van der Waals surface area contributed by atoms with Gasteiger partial charge >= 0.3 is 5.97 Å². The predicted molar refractivity (Wildman–Crippen MR) is 149 cm³/mol. The van der Waals surface area contributed by atoms with E-state index in [0.717, 1.165) is 25.7 Å². The van der Waals surface area contributed by atoms with Crippen molar-refractivity contribution in [2.45, 2.75) is 58.8 Å². The van der Waals surface area contributed by atoms with Gasteiger partial charge in [-0.1, -0.05) is 63.0 Å². The van der Waals surface area contributed by atoms with Crippen LogP contribution in [-0.4, -0.2) is 53.2 Å². The number of rotatable bonds is 13. The van der Waals surface area contributed by atoms with Crippen LogP contribution in [0.25, 0.3) is 0 Å². The second-order valence-corrected chi connectivity index (χ2v) is 9.13. The van der Waals surface area contributed by atoms with Crippen molar-refractivity contribution in [2.24, 2.45) is 0 Å². The number of esters is 1. The van der Waals surface area contributed by atoms with E-state index in [4.69, 9.17) is 4.74 Å². The molecule has 0 radical (unpaired) electrons. The number of hydrogen-bond acceptors (Lipinski definition) is 7. The number of dihydropyridines is 1. The van der Waals surface area contributed by atoms with Crippen molar-refractivity contribution >= 4 is 23.5 Å². The smallest absolute Gasteiger partial charge is 0.337 e. The fraction of sp³-hybridized carbons (Fsp3) is 0.414. The van der Waals surface area contributed by atoms with Gasteiger partial charge in [-0.15, -0.1) is 0 Å². The molecule has 2 rings (SSSR count). The van der Waals surface area contributed by atoms with Crippen molar-refractivity contribution in [1.82, 2.24) is 15.1 Å². The topological polar surface area (TPSA) is 122 Å². The third-order valence-corrected chi connectivity index (χ3v) is 6.17. The first-order valence-electron chi connectivity index (χ1n) is 13.1. The van der Waals surface area contributed by atoms with Gasteiger partial charge in [-0.25, -0.2) is 4.79 Å². The van der Waals surface area contributed by atoms with Crippen LogP contribution in [0.4, 0.5) is 5.69 Å². The minimum Gasteiger partial charge on any atom is -0.462 e. The maximum atomic E-state index is 13.6. The zero-order chi connectivity index (χ0) is 28.9. The SMILES string of the molecule is CC=CN(C)C(=O)C1=CC(c2ccccc2[N+](=O)[O-])C(C(=O)OCCCCCCC)=C(C(=O)N(C)C=CC)N1. The molecule has 1 aliphatic rings. The van der Waals surface area contributed by atoms with Gasteiger partial charge in [0.2, 0.25) is 0 Å². The zero-order valence-corrected chi connectivity index (χ0v) is 23.3. The molecule has 1 aliphatic heterocycles. The minimum absolute atomic E-state index is 0.00657. The van der Waals surface area contributed by atoms with Crippen LogP contribution in [0.5, 0.6) is 0 Å². The standard InChI is InChI=1S/C29H38N4O6/c1-6-9-10-11-14-19-39-29(36)25-22(21-15-12-13-16-24(21)33(37)38)20-23(27(34)31(4)17-7-2)30-26(25)28(35)32(5)18-8-3/h7-8,12-13,15-18,20,22,30H,6,9-11,14,19H2,1-5H3. The molecule has 0 saturated heterocycles. The van der Waals surface area contributed by atoms with Gasteiger partial charge < -0.3 is 19.9 Å². The van der Waals surface area contributed by atoms with Crippen LogP contribution in [0.1, 0.15) is 64.4 Å². The number of amides is 2. The van der Waals surface area contributed by atoms with E-state index in [9.17, 15) is 24.5 Å². The molecule has 0 spiro atoms. The predicted octanol–water partition coefficient (Wildman–Crippen LogP) is 4.92. The lowest BCUT2D eigenvalue weighted by Gasteiger charge is -2.29. The second kappa shape index (κ2) is 15.3. The molecule has 2 amide bonds. The zero-order valence-electron chi connectivity index (χ0n) is 23.3. The molecular weight excluding hydrogens is 500 g/mol. The van der Waals surface area contributed by atoms with E-state index in [-0.39, 0.29) is 34.8 Å². The van der Waals surface area contributed by atoms with Crippen molar-refractivity contribution < 1.29 is 24.0 Å². The average molecular weight is 539 g/mol. The monoisotopic (exact) mass is 538 g/mol. The van der Waals surface area contributed by atoms with E-state index in [0.29, 0.717) is 6.42 Å². The Bertz CT molecular complexity index is 1180. The maximum absolute atomic E-state index is 13.6. The highest BCUT2D eigenvalue weighted by Crippen LogP contribution is 2.38. The van der Waals surface area contributed by atoms with Crippen LogP contribution < -0.4 is 5.32 Å². The van der Waals surface area contributed by atoms with Crippen LogP contribution in [0.2, 0.25) is 0 Å². The summed E-state index contributed by atoms with van der Waals surface area (Å²) in [5.74, 6) is -2.95. The van der Waals surface area contributed by atoms with Gasteiger partial charge in [0.25, 0.3) is 17.5 Å². The fourth-order valence-corrected chi connectivity index (χ4v) is 4.23. The first-order chi connectivity index (χ1) is 18.7. The van der Waals surface area contributed by atoms with E-state index in [1.54, 1.807) is 45.3 Å². The number of allylic oxidation sites excluding steroid dienone is 3. The first kappa shape index (κ1) is 31.0. The van der Waals surface area contributed by atoms with E-state index in [2.05, 4.69) is 12.2 Å². The van der Waals surface area contributed by atoms with Crippen LogP contribution in [0.15, 0.2) is 71.9 Å². The summed E-state index contributed by atoms with van der Waals surface area (Å²) >= 11 is 0. The molecule has 210 valence electrons. The van der Waals surface area contributed by atoms with Crippen LogP contribution >= 0.6 is 0 Å². The lowest BCUT2D eigenvalue weighted by Crippen LogP contribution is -2.40. The highest BCUT2D eigenvalue weighted by molar-refractivity contribution is 6.07. The highest BCUT2D eigenvalue weighted by Gasteiger charge is 2.38. The summed E-state index contributed by atoms with van der Waals surface area (Å²) in [5.41, 5.74) is -0.337. The highest BCUT2D eigenvalue weighted by atomic mass is 16.6. The number of nitro benzene ring substituents is 1. The van der Waals surface area contributed by atoms with E-state index in [1.807, 2.05) is 0 Å². The summed E-state index contributed by atoms with van der Waals surface area (Å²) in [6, 6.07) is 5.96. The molecular formula is C29H38N4O6. The number of likely N-dealkylation sites (N-methyl/N-ethyl adjacent to an activating group) is 2. The normalized spacial score (nSPS) is 15.2. The van der Waals surface area contributed by atoms with Crippen molar-refractivity contribution in [3.8, 4) is 0 Å². The Morgan fingerprint density at radius 1 is 1.00 bits per heavy atom. The van der Waals surface area contributed by atoms with Gasteiger partial charge in [0.1, 0.15) is 11.4 Å². The molecule has 0 aliphatic carbocycles. The Hall–Kier alpha value is -4.21. The molecule has 39 heavy (non-hydrogen) atoms. The Morgan fingerprint density at radius 2 is 1.62 bits per heavy atom. The molecule has 1 heterocycles. The van der Waals surface area contributed by atoms with Gasteiger partial charge in [0, 0.05) is 44.0 Å². The molecule has 1 atom stereocenters. The number of nitrogens with one attached hydrogen (secondary N) is 1. The Kier molecular flexibility index (Phi) is 12.1. The first-order valence-corrected chi connectivity index (χ1v) is 13.1. The van der Waals surface area contributed by atoms with E-state index >= 15 is 0 Å². The largest absolute Gasteiger partial charge is 0.462 e. The minimum atomic E-state index is -1.09. The van der Waals surface area contributed by atoms with E-state index < -0.39 is 28.6 Å². The van der Waals surface area contributed by atoms with E-state index in [1.165, 1.54) is 47.3 Å². The molecule has 1 N–H and O–H groups in total. The molecule has 10 nitrogen and oxygen atoms in total. The third-order valence-electron chi connectivity index (χ3n) is 6.17. The number of ether oxygens (including phenoxy) is 1. The van der Waals surface area contributed by atoms with Gasteiger partial charge in [-0.05, 0) is 26.3 Å². The van der Waals surface area contributed by atoms with Gasteiger partial charge in [0.15, 0.2) is 0 Å². The van der Waals surface area contributed by atoms with Gasteiger partial charge in [0.05, 0.1) is 17.1 Å². The van der Waals surface area contributed by atoms with Crippen molar-refractivity contribution in [3.05, 3.63) is 87.5 Å². The summed E-state index contributed by atoms with van der Waals surface area (Å²) in [7, 11) is 3.06. The van der Waals surface area contributed by atoms with Gasteiger partial charge in [-0.3, -0.25) is 19.7 Å². The number of carbonyl (C=O) groups is 3. The molecule has 0 bridgehead atoms. The molecule has 1 aromatic carbocycles. The van der Waals surface area contributed by atoms with Gasteiger partial charge in [-0.2, -0.15) is 0 Å². The molecule has 10 heteroatoms. The quantitative estimate of drug-likeness (QED) is 0.164. The summed E-state index contributed by atoms with van der Waals surface area (Å²) in [6.07, 6.45) is 12.5. The number of benzene rings is 1.